The van der Waals surface area contributed by atoms with E-state index in [-0.39, 0.29) is 31.3 Å². The largest absolute Gasteiger partial charge is 1.00 e. The predicted molar refractivity (Wildman–Crippen MR) is 67.7 cm³/mol. The Morgan fingerprint density at radius 3 is 2.76 bits per heavy atom. The summed E-state index contributed by atoms with van der Waals surface area (Å²) in [6, 6.07) is 6.88. The van der Waals surface area contributed by atoms with Crippen LogP contribution in [-0.2, 0) is 24.6 Å². The van der Waals surface area contributed by atoms with Gasteiger partial charge < -0.3 is 22.0 Å². The molecule has 0 saturated carbocycles. The van der Waals surface area contributed by atoms with Crippen LogP contribution in [0.15, 0.2) is 28.7 Å². The quantitative estimate of drug-likeness (QED) is 0.715. The van der Waals surface area contributed by atoms with Crippen molar-refractivity contribution in [3.8, 4) is 0 Å². The average molecular weight is 444 g/mol. The van der Waals surface area contributed by atoms with E-state index < -0.39 is 6.04 Å². The molecule has 17 heavy (non-hydrogen) atoms. The number of thiol groups is 2. The topological polar surface area (TPSA) is 57.2 Å². The number of benzene rings is 1. The number of hydrogen-bond acceptors (Lipinski definition) is 4. The molecule has 0 saturated heterocycles. The van der Waals surface area contributed by atoms with Crippen LogP contribution in [0.25, 0.3) is 15.8 Å². The number of carbonyl (C=O) groups is 1. The van der Waals surface area contributed by atoms with E-state index in [9.17, 15) is 4.79 Å². The first-order valence-electron chi connectivity index (χ1n) is 4.62. The Kier molecular flexibility index (Phi) is 5.67. The molecule has 0 amide bonds. The van der Waals surface area contributed by atoms with Gasteiger partial charge in [-0.2, -0.15) is 0 Å². The van der Waals surface area contributed by atoms with E-state index in [1.165, 1.54) is 0 Å². The SMILES string of the molecule is O=C(S)CC([N-]S)c1nc2ccccc2o1.[Os+]. The van der Waals surface area contributed by atoms with Crippen LogP contribution in [0, 0.1) is 0 Å². The molecule has 0 aliphatic rings. The second kappa shape index (κ2) is 6.55. The minimum atomic E-state index is -0.485. The van der Waals surface area contributed by atoms with E-state index in [0.717, 1.165) is 5.52 Å². The number of aromatic nitrogens is 1. The van der Waals surface area contributed by atoms with Gasteiger partial charge in [0.05, 0.1) is 0 Å². The maximum Gasteiger partial charge on any atom is 1.00 e. The molecule has 2 rings (SSSR count). The van der Waals surface area contributed by atoms with Crippen LogP contribution in [0.1, 0.15) is 18.4 Å². The maximum absolute atomic E-state index is 10.9. The molecule has 1 atom stereocenters. The van der Waals surface area contributed by atoms with E-state index >= 15 is 0 Å². The van der Waals surface area contributed by atoms with E-state index in [1.807, 2.05) is 24.3 Å². The van der Waals surface area contributed by atoms with Crippen molar-refractivity contribution in [1.82, 2.24) is 4.98 Å². The normalized spacial score (nSPS) is 12.1. The fraction of sp³-hybridized carbons (Fsp3) is 0.200. The van der Waals surface area contributed by atoms with Gasteiger partial charge in [0.1, 0.15) is 5.52 Å². The number of nitrogens with zero attached hydrogens (tertiary/aromatic N) is 2. The summed E-state index contributed by atoms with van der Waals surface area (Å²) in [7, 11) is 0. The first-order chi connectivity index (χ1) is 7.70. The van der Waals surface area contributed by atoms with Gasteiger partial charge in [0.25, 0.3) is 0 Å². The van der Waals surface area contributed by atoms with Crippen LogP contribution in [-0.4, -0.2) is 10.1 Å². The Bertz CT molecular complexity index is 485. The molecule has 91 valence electrons. The van der Waals surface area contributed by atoms with Crippen molar-refractivity contribution in [2.24, 2.45) is 0 Å². The van der Waals surface area contributed by atoms with Crippen LogP contribution in [0.4, 0.5) is 0 Å². The van der Waals surface area contributed by atoms with Crippen molar-refractivity contribution in [2.75, 3.05) is 0 Å². The number of para-hydroxylation sites is 2. The van der Waals surface area contributed by atoms with Gasteiger partial charge in [-0.15, -0.1) is 12.6 Å². The fourth-order valence-electron chi connectivity index (χ4n) is 1.38. The average Bonchev–Trinajstić information content (AvgIpc) is 2.68. The van der Waals surface area contributed by atoms with Crippen LogP contribution >= 0.6 is 25.4 Å². The van der Waals surface area contributed by atoms with Crippen LogP contribution in [0.3, 0.4) is 0 Å². The zero-order chi connectivity index (χ0) is 11.5. The van der Waals surface area contributed by atoms with Gasteiger partial charge in [-0.1, -0.05) is 12.1 Å². The number of oxazole rings is 1. The summed E-state index contributed by atoms with van der Waals surface area (Å²) in [6.07, 6.45) is 0.124. The predicted octanol–water partition coefficient (Wildman–Crippen LogP) is 2.93. The van der Waals surface area contributed by atoms with Crippen molar-refractivity contribution >= 4 is 41.7 Å². The van der Waals surface area contributed by atoms with Gasteiger partial charge in [0, 0.05) is 6.42 Å². The molecule has 1 heterocycles. The summed E-state index contributed by atoms with van der Waals surface area (Å²) in [4.78, 5) is 15.1. The number of rotatable bonds is 4. The minimum absolute atomic E-state index is 0. The van der Waals surface area contributed by atoms with Crippen molar-refractivity contribution in [3.63, 3.8) is 0 Å². The number of carbonyl (C=O) groups excluding carboxylic acids is 1. The molecule has 0 spiro atoms. The Hall–Kier alpha value is -0.344. The van der Waals surface area contributed by atoms with Gasteiger partial charge >= 0.3 is 19.8 Å². The van der Waals surface area contributed by atoms with Crippen molar-refractivity contribution in [3.05, 3.63) is 34.9 Å². The Labute approximate surface area is 123 Å². The summed E-state index contributed by atoms with van der Waals surface area (Å²) in [5, 5.41) is -0.273. The van der Waals surface area contributed by atoms with E-state index in [1.54, 1.807) is 0 Å². The molecule has 0 bridgehead atoms. The molecule has 1 radical (unpaired) electrons. The van der Waals surface area contributed by atoms with Crippen LogP contribution in [0.2, 0.25) is 0 Å². The van der Waals surface area contributed by atoms with Crippen molar-refractivity contribution in [2.45, 2.75) is 12.5 Å². The van der Waals surface area contributed by atoms with E-state index in [4.69, 9.17) is 4.42 Å². The van der Waals surface area contributed by atoms with Crippen LogP contribution < -0.4 is 0 Å². The Morgan fingerprint density at radius 1 is 1.47 bits per heavy atom. The molecule has 0 aliphatic heterocycles. The zero-order valence-corrected chi connectivity index (χ0v) is 12.9. The molecule has 0 fully saturated rings. The first-order valence-corrected chi connectivity index (χ1v) is 5.47. The third-order valence-corrected chi connectivity index (χ3v) is 2.56. The van der Waals surface area contributed by atoms with E-state index in [0.29, 0.717) is 11.5 Å². The summed E-state index contributed by atoms with van der Waals surface area (Å²) < 4.78 is 9.24. The molecule has 0 aliphatic carbocycles. The summed E-state index contributed by atoms with van der Waals surface area (Å²) >= 11 is 7.52. The first kappa shape index (κ1) is 14.7. The van der Waals surface area contributed by atoms with Gasteiger partial charge in [0.15, 0.2) is 16.6 Å². The zero-order valence-electron chi connectivity index (χ0n) is 8.55. The standard InChI is InChI=1S/C10H9N2O2S2.Os/c13-9(15)5-7(12-16)10-11-6-3-1-2-4-8(6)14-10;/h1-4,7,16H,5H2,(H,13,15);/q-1;+1. The van der Waals surface area contributed by atoms with E-state index in [2.05, 4.69) is 35.1 Å². The fourth-order valence-corrected chi connectivity index (χ4v) is 1.73. The Balaban J connectivity index is 0.00000144. The summed E-state index contributed by atoms with van der Waals surface area (Å²) in [5.74, 6) is 0.388. The molecular weight excluding hydrogens is 434 g/mol. The van der Waals surface area contributed by atoms with Gasteiger partial charge in [0.2, 0.25) is 0 Å². The van der Waals surface area contributed by atoms with Gasteiger partial charge in [-0.05, 0) is 18.2 Å². The molecule has 2 aromatic rings. The molecule has 1 aromatic heterocycles. The molecule has 7 heteroatoms. The smallest absolute Gasteiger partial charge is 0.598 e. The minimum Gasteiger partial charge on any atom is -0.598 e. The summed E-state index contributed by atoms with van der Waals surface area (Å²) in [5.41, 5.74) is 1.41. The van der Waals surface area contributed by atoms with Crippen molar-refractivity contribution < 1.29 is 29.0 Å². The molecule has 1 aromatic carbocycles. The number of fused-ring (bicyclic) bond motifs is 1. The third-order valence-electron chi connectivity index (χ3n) is 2.10. The van der Waals surface area contributed by atoms with Gasteiger partial charge in [-0.3, -0.25) is 4.79 Å². The number of hydrogen-bond donors (Lipinski definition) is 2. The third kappa shape index (κ3) is 3.56. The molecular formula is C10H9N2O2OsS2. The molecule has 4 nitrogen and oxygen atoms in total. The summed E-state index contributed by atoms with van der Waals surface area (Å²) in [6.45, 7) is 0. The van der Waals surface area contributed by atoms with Crippen molar-refractivity contribution in [1.29, 1.82) is 0 Å². The van der Waals surface area contributed by atoms with Gasteiger partial charge in [-0.25, -0.2) is 4.98 Å². The molecule has 0 N–H and O–H groups in total. The second-order valence-corrected chi connectivity index (χ2v) is 3.98. The Morgan fingerprint density at radius 2 is 2.18 bits per heavy atom. The monoisotopic (exact) mass is 445 g/mol. The van der Waals surface area contributed by atoms with Crippen LogP contribution in [0.5, 0.6) is 0 Å². The molecule has 1 unspecified atom stereocenters. The second-order valence-electron chi connectivity index (χ2n) is 3.25. The maximum atomic E-state index is 10.9.